The highest BCUT2D eigenvalue weighted by atomic mass is 32.2. The van der Waals surface area contributed by atoms with Crippen molar-refractivity contribution in [3.63, 3.8) is 0 Å². The fourth-order valence-corrected chi connectivity index (χ4v) is 3.72. The molecule has 126 valence electrons. The second-order valence-corrected chi connectivity index (χ2v) is 6.76. The SMILES string of the molecule is CCN1/C(=C/C=C/C=C/C=Nc2ccc(C)cc2)Sc2ccccc21. The molecule has 2 aromatic carbocycles. The Bertz CT molecular complexity index is 829. The lowest BCUT2D eigenvalue weighted by molar-refractivity contribution is 1.00. The molecule has 3 heteroatoms. The lowest BCUT2D eigenvalue weighted by atomic mass is 10.2. The predicted molar refractivity (Wildman–Crippen MR) is 111 cm³/mol. The van der Waals surface area contributed by atoms with Crippen LogP contribution in [0, 0.1) is 6.92 Å². The Labute approximate surface area is 154 Å². The summed E-state index contributed by atoms with van der Waals surface area (Å²) in [5.41, 5.74) is 3.52. The van der Waals surface area contributed by atoms with E-state index in [4.69, 9.17) is 0 Å². The smallest absolute Gasteiger partial charge is 0.0801 e. The number of fused-ring (bicyclic) bond motifs is 1. The van der Waals surface area contributed by atoms with E-state index in [1.807, 2.05) is 48.3 Å². The Morgan fingerprint density at radius 3 is 2.52 bits per heavy atom. The van der Waals surface area contributed by atoms with E-state index in [1.165, 1.54) is 21.2 Å². The molecule has 2 aromatic rings. The van der Waals surface area contributed by atoms with Crippen LogP contribution in [-0.4, -0.2) is 12.8 Å². The highest BCUT2D eigenvalue weighted by molar-refractivity contribution is 8.03. The van der Waals surface area contributed by atoms with Gasteiger partial charge in [-0.1, -0.05) is 59.8 Å². The number of hydrogen-bond donors (Lipinski definition) is 0. The fraction of sp³-hybridized carbons (Fsp3) is 0.136. The summed E-state index contributed by atoms with van der Waals surface area (Å²) in [6.07, 6.45) is 12.0. The predicted octanol–water partition coefficient (Wildman–Crippen LogP) is 6.28. The molecule has 0 atom stereocenters. The van der Waals surface area contributed by atoms with Crippen molar-refractivity contribution in [2.45, 2.75) is 18.7 Å². The van der Waals surface area contributed by atoms with Gasteiger partial charge in [-0.2, -0.15) is 0 Å². The molecule has 25 heavy (non-hydrogen) atoms. The van der Waals surface area contributed by atoms with Gasteiger partial charge in [0, 0.05) is 17.7 Å². The van der Waals surface area contributed by atoms with Gasteiger partial charge in [0.25, 0.3) is 0 Å². The number of allylic oxidation sites excluding steroid dienone is 5. The highest BCUT2D eigenvalue weighted by Gasteiger charge is 2.22. The van der Waals surface area contributed by atoms with E-state index >= 15 is 0 Å². The van der Waals surface area contributed by atoms with E-state index in [1.54, 1.807) is 0 Å². The third-order valence-corrected chi connectivity index (χ3v) is 5.00. The summed E-state index contributed by atoms with van der Waals surface area (Å²) in [5.74, 6) is 0. The maximum atomic E-state index is 4.40. The lowest BCUT2D eigenvalue weighted by Crippen LogP contribution is -2.16. The first-order chi connectivity index (χ1) is 12.3. The average Bonchev–Trinajstić information content (AvgIpc) is 2.99. The molecular formula is C22H22N2S. The second kappa shape index (κ2) is 8.54. The molecule has 0 aliphatic carbocycles. The fourth-order valence-electron chi connectivity index (χ4n) is 2.58. The minimum absolute atomic E-state index is 0.972. The van der Waals surface area contributed by atoms with Crippen LogP contribution in [0.4, 0.5) is 11.4 Å². The number of anilines is 1. The van der Waals surface area contributed by atoms with E-state index in [0.717, 1.165) is 12.2 Å². The molecule has 0 saturated heterocycles. The molecule has 0 bridgehead atoms. The van der Waals surface area contributed by atoms with Gasteiger partial charge in [-0.15, -0.1) is 0 Å². The van der Waals surface area contributed by atoms with Crippen molar-refractivity contribution in [1.29, 1.82) is 0 Å². The van der Waals surface area contributed by atoms with Crippen molar-refractivity contribution in [3.05, 3.63) is 89.5 Å². The standard InChI is InChI=1S/C22H22N2S/c1-3-24-20-10-7-8-11-21(20)25-22(24)12-6-4-5-9-17-23-19-15-13-18(2)14-16-19/h4-17H,3H2,1-2H3/b6-4+,9-5+,22-12-,23-17?. The number of hydrogen-bond acceptors (Lipinski definition) is 3. The molecule has 0 amide bonds. The molecule has 3 rings (SSSR count). The maximum absolute atomic E-state index is 4.40. The molecule has 0 radical (unpaired) electrons. The quantitative estimate of drug-likeness (QED) is 0.467. The van der Waals surface area contributed by atoms with Gasteiger partial charge in [0.05, 0.1) is 16.4 Å². The largest absolute Gasteiger partial charge is 0.335 e. The normalized spacial score (nSPS) is 15.9. The summed E-state index contributed by atoms with van der Waals surface area (Å²) in [6, 6.07) is 16.7. The Balaban J connectivity index is 1.58. The summed E-state index contributed by atoms with van der Waals surface area (Å²) in [6.45, 7) is 5.23. The van der Waals surface area contributed by atoms with E-state index in [9.17, 15) is 0 Å². The van der Waals surface area contributed by atoms with E-state index in [2.05, 4.69) is 72.3 Å². The monoisotopic (exact) mass is 346 g/mol. The summed E-state index contributed by atoms with van der Waals surface area (Å²) < 4.78 is 0. The van der Waals surface area contributed by atoms with Crippen LogP contribution in [0.2, 0.25) is 0 Å². The number of rotatable bonds is 5. The van der Waals surface area contributed by atoms with Gasteiger partial charge < -0.3 is 4.90 Å². The first-order valence-corrected chi connectivity index (χ1v) is 9.28. The molecule has 1 aliphatic heterocycles. The number of benzene rings is 2. The summed E-state index contributed by atoms with van der Waals surface area (Å²) >= 11 is 1.82. The molecule has 0 N–H and O–H groups in total. The first kappa shape index (κ1) is 17.3. The Morgan fingerprint density at radius 1 is 0.960 bits per heavy atom. The van der Waals surface area contributed by atoms with Gasteiger partial charge in [0.2, 0.25) is 0 Å². The lowest BCUT2D eigenvalue weighted by Gasteiger charge is -2.17. The number of para-hydroxylation sites is 1. The van der Waals surface area contributed by atoms with E-state index in [-0.39, 0.29) is 0 Å². The number of aliphatic imine (C=N–C) groups is 1. The van der Waals surface area contributed by atoms with Crippen molar-refractivity contribution in [1.82, 2.24) is 0 Å². The Kier molecular flexibility index (Phi) is 5.91. The van der Waals surface area contributed by atoms with Gasteiger partial charge in [-0.25, -0.2) is 0 Å². The first-order valence-electron chi connectivity index (χ1n) is 8.46. The zero-order valence-corrected chi connectivity index (χ0v) is 15.4. The van der Waals surface area contributed by atoms with Crippen LogP contribution in [0.1, 0.15) is 12.5 Å². The number of nitrogens with zero attached hydrogens (tertiary/aromatic N) is 2. The second-order valence-electron chi connectivity index (χ2n) is 5.70. The minimum Gasteiger partial charge on any atom is -0.335 e. The van der Waals surface area contributed by atoms with Crippen molar-refractivity contribution in [2.24, 2.45) is 4.99 Å². The van der Waals surface area contributed by atoms with Crippen LogP contribution < -0.4 is 4.90 Å². The zero-order valence-electron chi connectivity index (χ0n) is 14.6. The van der Waals surface area contributed by atoms with Crippen molar-refractivity contribution >= 4 is 29.4 Å². The Morgan fingerprint density at radius 2 is 1.72 bits per heavy atom. The minimum atomic E-state index is 0.972. The summed E-state index contributed by atoms with van der Waals surface area (Å²) in [5, 5.41) is 1.27. The topological polar surface area (TPSA) is 15.6 Å². The van der Waals surface area contributed by atoms with Gasteiger partial charge in [0.15, 0.2) is 0 Å². The Hall–Kier alpha value is -2.52. The van der Waals surface area contributed by atoms with Gasteiger partial charge in [-0.05, 0) is 50.3 Å². The molecule has 0 spiro atoms. The van der Waals surface area contributed by atoms with E-state index in [0.29, 0.717) is 0 Å². The van der Waals surface area contributed by atoms with Gasteiger partial charge in [-0.3, -0.25) is 4.99 Å². The van der Waals surface area contributed by atoms with Crippen LogP contribution in [0.25, 0.3) is 0 Å². The summed E-state index contributed by atoms with van der Waals surface area (Å²) in [4.78, 5) is 8.07. The zero-order chi connectivity index (χ0) is 17.5. The third-order valence-electron chi connectivity index (χ3n) is 3.87. The molecule has 1 aliphatic rings. The van der Waals surface area contributed by atoms with E-state index < -0.39 is 0 Å². The van der Waals surface area contributed by atoms with Crippen molar-refractivity contribution < 1.29 is 0 Å². The molecule has 0 unspecified atom stereocenters. The van der Waals surface area contributed by atoms with Gasteiger partial charge in [0.1, 0.15) is 0 Å². The summed E-state index contributed by atoms with van der Waals surface area (Å²) in [7, 11) is 0. The maximum Gasteiger partial charge on any atom is 0.0801 e. The van der Waals surface area contributed by atoms with Crippen LogP contribution in [0.15, 0.2) is 93.8 Å². The number of thioether (sulfide) groups is 1. The number of aryl methyl sites for hydroxylation is 1. The van der Waals surface area contributed by atoms with Crippen LogP contribution >= 0.6 is 11.8 Å². The molecule has 0 aromatic heterocycles. The molecule has 2 nitrogen and oxygen atoms in total. The molecular weight excluding hydrogens is 324 g/mol. The van der Waals surface area contributed by atoms with Crippen molar-refractivity contribution in [3.8, 4) is 0 Å². The molecule has 0 saturated carbocycles. The van der Waals surface area contributed by atoms with Crippen molar-refractivity contribution in [2.75, 3.05) is 11.4 Å². The van der Waals surface area contributed by atoms with Crippen LogP contribution in [0.5, 0.6) is 0 Å². The van der Waals surface area contributed by atoms with Crippen LogP contribution in [0.3, 0.4) is 0 Å². The molecule has 0 fully saturated rings. The highest BCUT2D eigenvalue weighted by Crippen LogP contribution is 2.45. The van der Waals surface area contributed by atoms with Gasteiger partial charge >= 0.3 is 0 Å². The average molecular weight is 346 g/mol. The third kappa shape index (κ3) is 4.52. The molecule has 1 heterocycles. The van der Waals surface area contributed by atoms with Crippen LogP contribution in [-0.2, 0) is 0 Å².